The lowest BCUT2D eigenvalue weighted by molar-refractivity contribution is -0.141. The number of halogens is 9. The van der Waals surface area contributed by atoms with Gasteiger partial charge < -0.3 is 87.5 Å². The zero-order valence-corrected chi connectivity index (χ0v) is 78.8. The van der Waals surface area contributed by atoms with E-state index in [1.54, 1.807) is 0 Å². The van der Waals surface area contributed by atoms with Gasteiger partial charge >= 0.3 is 30.4 Å². The van der Waals surface area contributed by atoms with Crippen molar-refractivity contribution in [2.45, 2.75) is 160 Å². The second-order valence-electron chi connectivity index (χ2n) is 35.0. The topological polar surface area (TPSA) is 208 Å². The number of rotatable bonds is 22. The van der Waals surface area contributed by atoms with E-state index in [1.165, 1.54) is 32.1 Å². The molecule has 0 unspecified atom stereocenters. The first-order valence-electron chi connectivity index (χ1n) is 44.7. The number of nitrogens with zero attached hydrogens (tertiary/aromatic N) is 21. The molecule has 6 atom stereocenters. The number of carbonyl (C=O) groups is 3. The minimum atomic E-state index is -4.83. The van der Waals surface area contributed by atoms with Crippen LogP contribution in [0.15, 0.2) is 109 Å². The molecule has 6 fully saturated rings. The summed E-state index contributed by atoms with van der Waals surface area (Å²) in [7, 11) is 6.26. The number of fused-ring (bicyclic) bond motifs is 4. The van der Waals surface area contributed by atoms with Gasteiger partial charge in [-0.1, -0.05) is 66.7 Å². The highest BCUT2D eigenvalue weighted by Gasteiger charge is 2.45. The van der Waals surface area contributed by atoms with Crippen LogP contribution in [0.25, 0.3) is 25.3 Å². The number of hydrogen-bond donors (Lipinski definition) is 0. The molecule has 712 valence electrons. The van der Waals surface area contributed by atoms with Gasteiger partial charge in [-0.05, 0) is 184 Å². The van der Waals surface area contributed by atoms with Gasteiger partial charge in [-0.2, -0.15) is 83.2 Å². The van der Waals surface area contributed by atoms with Gasteiger partial charge in [-0.3, -0.25) is 14.4 Å². The molecule has 3 amide bonds. The Morgan fingerprint density at radius 1 is 0.481 bits per heavy atom. The molecule has 9 aliphatic heterocycles. The number of anilines is 6. The predicted molar refractivity (Wildman–Crippen MR) is 508 cm³/mol. The molecule has 0 radical (unpaired) electrons. The number of likely N-dealkylation sites (N-methyl/N-ethyl adjacent to an activating group) is 3. The summed E-state index contributed by atoms with van der Waals surface area (Å²) in [6.07, 6.45) is -1.59. The molecule has 4 aromatic carbocycles. The molecule has 0 N–H and O–H groups in total. The summed E-state index contributed by atoms with van der Waals surface area (Å²) in [5.41, 5.74) is 12.4. The van der Waals surface area contributed by atoms with Gasteiger partial charge in [0.05, 0.1) is 41.7 Å². The predicted octanol–water partition coefficient (Wildman–Crippen LogP) is 13.7. The van der Waals surface area contributed by atoms with Crippen LogP contribution in [0, 0.1) is 47.4 Å². The Kier molecular flexibility index (Phi) is 34.1. The van der Waals surface area contributed by atoms with E-state index < -0.39 is 60.2 Å². The van der Waals surface area contributed by atoms with Crippen LogP contribution >= 0.6 is 38.6 Å². The number of alkyl halides is 8. The van der Waals surface area contributed by atoms with Crippen molar-refractivity contribution in [3.05, 3.63) is 205 Å². The second kappa shape index (κ2) is 44.9. The van der Waals surface area contributed by atoms with E-state index in [-0.39, 0.29) is 110 Å². The standard InChI is InChI=1S/C33H36ClF2N7O2.2C31H38F3N7O2.2H2S/c1-37-18-24-19-42(16-17-43(24)30(44)12-11-29(35)36)32-25-13-15-41(28-10-4-7-22-6-3-9-26(34)31(22)28)20-27(25)38-33(39-32)45-21-23-8-5-14-40(23)2;1-20-8-6-10-27(21(20)2)39-13-11-25-26(18-39)36-30(43-19-23-9-7-12-38(23)5)37-28(25)40-14-15-41(24(17-40)16-35-4)29(42)22(3)31(32,33)34;1-21-7-5-9-27(22(21)2)39-14-11-25-26(19-39)36-30(43-20-23-8-6-13-38(23)4)37-29(25)40-15-16-41(24(18-40)17-35-3)28(42)10-12-31(32,33)34;;/h3-4,6-7,9-12,23-24,29H,5,8,13-21H2,2H3;6,8,10,23-24H,3,7,9,11-19H2,1-2,5H3;5,7,9-10,12,23-24H,6,8,11,13-20H2,1-2,4H3;2*1H2/b12-11+;;12-10+;;/t3*23-,24-;;/m000../s1. The Morgan fingerprint density at radius 3 is 1.21 bits per heavy atom. The summed E-state index contributed by atoms with van der Waals surface area (Å²) >= 11 is 6.68. The fourth-order valence-electron chi connectivity index (χ4n) is 19.1. The van der Waals surface area contributed by atoms with Gasteiger partial charge in [0.1, 0.15) is 61.0 Å². The van der Waals surface area contributed by atoms with E-state index >= 15 is 0 Å². The molecule has 3 aromatic heterocycles. The maximum atomic E-state index is 13.3. The lowest BCUT2D eigenvalue weighted by Gasteiger charge is -2.41. The summed E-state index contributed by atoms with van der Waals surface area (Å²) in [5.74, 6) is -0.313. The molecule has 9 aliphatic rings. The number of aromatic nitrogens is 6. The van der Waals surface area contributed by atoms with Gasteiger partial charge in [0.15, 0.2) is 0 Å². The van der Waals surface area contributed by atoms with Crippen molar-refractivity contribution in [2.75, 3.05) is 188 Å². The molecular weight excluding hydrogens is 1780 g/mol. The van der Waals surface area contributed by atoms with Crippen LogP contribution in [0.4, 0.5) is 69.6 Å². The van der Waals surface area contributed by atoms with Crippen molar-refractivity contribution < 1.29 is 63.7 Å². The van der Waals surface area contributed by atoms with Crippen molar-refractivity contribution in [3.8, 4) is 18.0 Å². The lowest BCUT2D eigenvalue weighted by atomic mass is 10.0. The van der Waals surface area contributed by atoms with E-state index in [0.717, 1.165) is 156 Å². The number of hydrogen-bond acceptors (Lipinski definition) is 21. The fraction of sp³-hybridized carbons (Fsp3) is 0.516. The third kappa shape index (κ3) is 24.2. The lowest BCUT2D eigenvalue weighted by Crippen LogP contribution is -2.57. The summed E-state index contributed by atoms with van der Waals surface area (Å²) in [5, 5.41) is 2.77. The highest BCUT2D eigenvalue weighted by atomic mass is 35.5. The number of carbonyl (C=O) groups excluding carboxylic acids is 3. The van der Waals surface area contributed by atoms with E-state index in [0.29, 0.717) is 125 Å². The first-order valence-corrected chi connectivity index (χ1v) is 45.1. The third-order valence-corrected chi connectivity index (χ3v) is 27.1. The quantitative estimate of drug-likeness (QED) is 0.0351. The van der Waals surface area contributed by atoms with Crippen LogP contribution in [0.5, 0.6) is 18.0 Å². The molecule has 133 heavy (non-hydrogen) atoms. The number of amides is 3. The third-order valence-electron chi connectivity index (χ3n) is 26.8. The maximum Gasteiger partial charge on any atom is 0.421 e. The Balaban J connectivity index is 0.000000179. The first-order chi connectivity index (χ1) is 62.8. The Morgan fingerprint density at radius 2 is 0.842 bits per heavy atom. The Bertz CT molecular complexity index is 5520. The number of piperazine rings is 3. The van der Waals surface area contributed by atoms with E-state index in [4.69, 9.17) is 75.4 Å². The van der Waals surface area contributed by atoms with Crippen LogP contribution in [-0.4, -0.2) is 291 Å². The number of ether oxygens (including phenoxy) is 3. The molecule has 0 spiro atoms. The van der Waals surface area contributed by atoms with Gasteiger partial charge in [-0.15, -0.1) is 0 Å². The van der Waals surface area contributed by atoms with Crippen LogP contribution < -0.4 is 43.6 Å². The minimum absolute atomic E-state index is 0. The van der Waals surface area contributed by atoms with E-state index in [9.17, 15) is 49.5 Å². The van der Waals surface area contributed by atoms with E-state index in [2.05, 4.69) is 159 Å². The first kappa shape index (κ1) is 101. The SMILES string of the molecule is S.S.[C-]#[N+]C[C@H]1CN(c2nc(OC[C@@H]3CCCN3C)nc3c2CCN(c2cccc(C)c2C)C3)CCN1C(=O)/C=C/C(F)(F)F.[C-]#[N+]C[C@H]1CN(c2nc(OC[C@@H]3CCCN3C)nc3c2CCN(c2cccc(C)c2C)C3)CCN1C(=O)C(=C)C(F)(F)F.[C-]#[N+]C[C@H]1CN(c2nc(OC[C@@H]3CCCN3C)nc3c2CCN(c2cccc4cccc(Cl)c24)C3)CCN1C(=O)/C=C/C(F)F. The van der Waals surface area contributed by atoms with Gasteiger partial charge in [0, 0.05) is 154 Å². The average Bonchev–Trinajstić information content (AvgIpc) is 1.30. The molecule has 16 rings (SSSR count). The number of likely N-dealkylation sites (tertiary alicyclic amines) is 3. The molecule has 7 aromatic rings. The largest absolute Gasteiger partial charge is 0.462 e. The Hall–Kier alpha value is -11.0. The van der Waals surface area contributed by atoms with Gasteiger partial charge in [0.25, 0.3) is 12.3 Å². The molecule has 0 bridgehead atoms. The van der Waals surface area contributed by atoms with E-state index in [1.807, 2.05) is 28.0 Å². The monoisotopic (exact) mass is 1900 g/mol. The summed E-state index contributed by atoms with van der Waals surface area (Å²) < 4.78 is 122. The summed E-state index contributed by atoms with van der Waals surface area (Å²) in [4.78, 5) is 102. The molecule has 6 saturated heterocycles. The van der Waals surface area contributed by atoms with Crippen molar-refractivity contribution in [3.63, 3.8) is 0 Å². The van der Waals surface area contributed by atoms with Crippen LogP contribution in [0.2, 0.25) is 5.02 Å². The molecule has 12 heterocycles. The molecule has 0 saturated carbocycles. The average molecular weight is 1900 g/mol. The van der Waals surface area contributed by atoms with Crippen LogP contribution in [0.3, 0.4) is 0 Å². The van der Waals surface area contributed by atoms with Crippen molar-refractivity contribution >= 4 is 102 Å². The van der Waals surface area contributed by atoms with Gasteiger partial charge in [-0.25, -0.2) is 28.5 Å². The highest BCUT2D eigenvalue weighted by molar-refractivity contribution is 7.59. The zero-order chi connectivity index (χ0) is 93.1. The Labute approximate surface area is 791 Å². The summed E-state index contributed by atoms with van der Waals surface area (Å²) in [6.45, 7) is 44.5. The van der Waals surface area contributed by atoms with Crippen LogP contribution in [-0.2, 0) is 53.3 Å². The van der Waals surface area contributed by atoms with Crippen molar-refractivity contribution in [1.82, 2.24) is 59.3 Å². The molecule has 0 aliphatic carbocycles. The smallest absolute Gasteiger partial charge is 0.421 e. The number of allylic oxidation sites excluding steroid dienone is 2. The van der Waals surface area contributed by atoms with Crippen molar-refractivity contribution in [1.29, 1.82) is 0 Å². The highest BCUT2D eigenvalue weighted by Crippen LogP contribution is 2.42. The zero-order valence-electron chi connectivity index (χ0n) is 76.1. The van der Waals surface area contributed by atoms with Crippen LogP contribution in [0.1, 0.15) is 94.6 Å². The fourth-order valence-corrected chi connectivity index (χ4v) is 19.4. The summed E-state index contributed by atoms with van der Waals surface area (Å²) in [6, 6.07) is 24.6. The second-order valence-corrected chi connectivity index (χ2v) is 35.4. The molecule has 27 nitrogen and oxygen atoms in total. The molecule has 38 heteroatoms. The van der Waals surface area contributed by atoms with Crippen molar-refractivity contribution in [2.24, 2.45) is 0 Å². The number of aryl methyl sites for hydroxylation is 2. The normalized spacial score (nSPS) is 20.7. The minimum Gasteiger partial charge on any atom is -0.462 e. The maximum absolute atomic E-state index is 13.3. The van der Waals surface area contributed by atoms with Gasteiger partial charge in [0.2, 0.25) is 31.4 Å². The molecular formula is C95H116ClF8N21O6S2. The number of benzene rings is 4.